The van der Waals surface area contributed by atoms with Gasteiger partial charge in [-0.25, -0.2) is 9.78 Å². The fraction of sp³-hybridized carbons (Fsp3) is 0.471. The molecule has 0 saturated heterocycles. The van der Waals surface area contributed by atoms with Crippen LogP contribution in [-0.2, 0) is 19.5 Å². The first-order valence-electron chi connectivity index (χ1n) is 8.40. The summed E-state index contributed by atoms with van der Waals surface area (Å²) in [4.78, 5) is 16.4. The second-order valence-electron chi connectivity index (χ2n) is 5.94. The van der Waals surface area contributed by atoms with Crippen LogP contribution in [-0.4, -0.2) is 39.6 Å². The first-order chi connectivity index (χ1) is 12.2. The average molecular weight is 345 g/mol. The van der Waals surface area contributed by atoms with Crippen LogP contribution in [0.2, 0.25) is 0 Å². The molecule has 8 heteroatoms. The molecular weight excluding hydrogens is 322 g/mol. The van der Waals surface area contributed by atoms with Crippen molar-refractivity contribution < 1.29 is 14.6 Å². The van der Waals surface area contributed by atoms with Crippen molar-refractivity contribution in [3.63, 3.8) is 0 Å². The van der Waals surface area contributed by atoms with Crippen LogP contribution in [0.1, 0.15) is 35.7 Å². The van der Waals surface area contributed by atoms with Gasteiger partial charge in [0.15, 0.2) is 0 Å². The highest BCUT2D eigenvalue weighted by Gasteiger charge is 2.25. The van der Waals surface area contributed by atoms with Crippen LogP contribution >= 0.6 is 0 Å². The smallest absolute Gasteiger partial charge is 0.315 e. The van der Waals surface area contributed by atoms with Gasteiger partial charge in [-0.1, -0.05) is 6.07 Å². The first-order valence-corrected chi connectivity index (χ1v) is 8.40. The lowest BCUT2D eigenvalue weighted by atomic mass is 9.93. The lowest BCUT2D eigenvalue weighted by Gasteiger charge is -2.24. The zero-order valence-electron chi connectivity index (χ0n) is 14.2. The minimum absolute atomic E-state index is 0.0552. The summed E-state index contributed by atoms with van der Waals surface area (Å²) in [6, 6.07) is 3.37. The van der Waals surface area contributed by atoms with Crippen LogP contribution < -0.4 is 15.4 Å². The minimum atomic E-state index is -0.237. The number of amides is 2. The van der Waals surface area contributed by atoms with E-state index in [1.807, 2.05) is 10.7 Å². The highest BCUT2D eigenvalue weighted by Crippen LogP contribution is 2.29. The van der Waals surface area contributed by atoms with Crippen molar-refractivity contribution in [3.05, 3.63) is 41.3 Å². The van der Waals surface area contributed by atoms with Crippen molar-refractivity contribution in [2.24, 2.45) is 0 Å². The zero-order chi connectivity index (χ0) is 17.6. The molecule has 2 aromatic rings. The Morgan fingerprint density at radius 2 is 2.40 bits per heavy atom. The van der Waals surface area contributed by atoms with Crippen molar-refractivity contribution in [2.75, 3.05) is 13.7 Å². The number of nitrogens with one attached hydrogen (secondary N) is 2. The summed E-state index contributed by atoms with van der Waals surface area (Å²) in [7, 11) is 1.56. The number of aromatic nitrogens is 3. The number of pyridine rings is 1. The molecule has 1 aliphatic rings. The molecule has 2 heterocycles. The second kappa shape index (κ2) is 7.98. The van der Waals surface area contributed by atoms with Gasteiger partial charge < -0.3 is 20.5 Å². The predicted molar refractivity (Wildman–Crippen MR) is 91.2 cm³/mol. The van der Waals surface area contributed by atoms with Gasteiger partial charge in [-0.3, -0.25) is 4.68 Å². The lowest BCUT2D eigenvalue weighted by molar-refractivity contribution is 0.234. The Labute approximate surface area is 146 Å². The molecule has 2 amide bonds. The van der Waals surface area contributed by atoms with Crippen molar-refractivity contribution in [2.45, 2.75) is 38.4 Å². The number of aliphatic hydroxyl groups is 1. The van der Waals surface area contributed by atoms with Crippen molar-refractivity contribution >= 4 is 6.03 Å². The number of rotatable bonds is 6. The summed E-state index contributed by atoms with van der Waals surface area (Å²) in [6.07, 6.45) is 6.21. The van der Waals surface area contributed by atoms with Crippen molar-refractivity contribution in [1.29, 1.82) is 0 Å². The lowest BCUT2D eigenvalue weighted by Crippen LogP contribution is -2.38. The molecule has 2 aromatic heterocycles. The molecule has 134 valence electrons. The SMILES string of the molecule is COc1ncccc1CNC(=O)NC1CCCc2c1cnn2CCO. The number of hydrogen-bond donors (Lipinski definition) is 3. The van der Waals surface area contributed by atoms with E-state index in [0.717, 1.165) is 36.1 Å². The van der Waals surface area contributed by atoms with Crippen LogP contribution in [0.5, 0.6) is 5.88 Å². The molecule has 1 unspecified atom stereocenters. The Bertz CT molecular complexity index is 731. The van der Waals surface area contributed by atoms with Crippen LogP contribution in [0.25, 0.3) is 0 Å². The summed E-state index contributed by atoms with van der Waals surface area (Å²) in [5, 5.41) is 19.3. The van der Waals surface area contributed by atoms with E-state index in [1.54, 1.807) is 25.6 Å². The van der Waals surface area contributed by atoms with Crippen LogP contribution in [0.15, 0.2) is 24.5 Å². The van der Waals surface area contributed by atoms with E-state index in [9.17, 15) is 4.79 Å². The maximum Gasteiger partial charge on any atom is 0.315 e. The highest BCUT2D eigenvalue weighted by molar-refractivity contribution is 5.74. The molecule has 0 spiro atoms. The quantitative estimate of drug-likeness (QED) is 0.729. The number of carbonyl (C=O) groups is 1. The largest absolute Gasteiger partial charge is 0.481 e. The minimum Gasteiger partial charge on any atom is -0.481 e. The zero-order valence-corrected chi connectivity index (χ0v) is 14.2. The summed E-state index contributed by atoms with van der Waals surface area (Å²) in [5.41, 5.74) is 2.95. The number of urea groups is 1. The van der Waals surface area contributed by atoms with E-state index in [-0.39, 0.29) is 18.7 Å². The Balaban J connectivity index is 1.61. The standard InChI is InChI=1S/C17H23N5O3/c1-25-16-12(4-3-7-18-16)10-19-17(24)21-14-5-2-6-15-13(14)11-20-22(15)8-9-23/h3-4,7,11,14,23H,2,5-6,8-10H2,1H3,(H2,19,21,24). The highest BCUT2D eigenvalue weighted by atomic mass is 16.5. The third-order valence-corrected chi connectivity index (χ3v) is 4.36. The van der Waals surface area contributed by atoms with E-state index in [2.05, 4.69) is 20.7 Å². The Kier molecular flexibility index (Phi) is 5.49. The number of ether oxygens (including phenoxy) is 1. The Morgan fingerprint density at radius 3 is 3.20 bits per heavy atom. The monoisotopic (exact) mass is 345 g/mol. The van der Waals surface area contributed by atoms with Crippen LogP contribution in [0.3, 0.4) is 0 Å². The maximum atomic E-state index is 12.3. The van der Waals surface area contributed by atoms with Gasteiger partial charge in [0, 0.05) is 29.6 Å². The Hall–Kier alpha value is -2.61. The predicted octanol–water partition coefficient (Wildman–Crippen LogP) is 1.16. The third kappa shape index (κ3) is 3.90. The number of fused-ring (bicyclic) bond motifs is 1. The molecule has 8 nitrogen and oxygen atoms in total. The number of methoxy groups -OCH3 is 1. The first kappa shape index (κ1) is 17.2. The maximum absolute atomic E-state index is 12.3. The van der Waals surface area contributed by atoms with E-state index < -0.39 is 0 Å². The van der Waals surface area contributed by atoms with E-state index in [0.29, 0.717) is 19.0 Å². The molecule has 0 radical (unpaired) electrons. The molecule has 0 aliphatic heterocycles. The summed E-state index contributed by atoms with van der Waals surface area (Å²) in [6.45, 7) is 0.876. The van der Waals surface area contributed by atoms with Gasteiger partial charge in [-0.2, -0.15) is 5.10 Å². The number of nitrogens with zero attached hydrogens (tertiary/aromatic N) is 3. The average Bonchev–Trinajstić information content (AvgIpc) is 3.05. The fourth-order valence-electron chi connectivity index (χ4n) is 3.18. The molecule has 1 aliphatic carbocycles. The molecule has 25 heavy (non-hydrogen) atoms. The van der Waals surface area contributed by atoms with Gasteiger partial charge in [-0.15, -0.1) is 0 Å². The summed E-state index contributed by atoms with van der Waals surface area (Å²) >= 11 is 0. The summed E-state index contributed by atoms with van der Waals surface area (Å²) < 4.78 is 7.01. The third-order valence-electron chi connectivity index (χ3n) is 4.36. The number of aliphatic hydroxyl groups excluding tert-OH is 1. The van der Waals surface area contributed by atoms with E-state index in [4.69, 9.17) is 9.84 Å². The summed E-state index contributed by atoms with van der Waals surface area (Å²) in [5.74, 6) is 0.507. The Morgan fingerprint density at radius 1 is 1.52 bits per heavy atom. The van der Waals surface area contributed by atoms with E-state index >= 15 is 0 Å². The fourth-order valence-corrected chi connectivity index (χ4v) is 3.18. The van der Waals surface area contributed by atoms with Crippen molar-refractivity contribution in [3.8, 4) is 5.88 Å². The number of carbonyl (C=O) groups excluding carboxylic acids is 1. The van der Waals surface area contributed by atoms with Gasteiger partial charge in [0.1, 0.15) is 0 Å². The molecule has 0 bridgehead atoms. The van der Waals surface area contributed by atoms with Gasteiger partial charge in [0.2, 0.25) is 5.88 Å². The number of hydrogen-bond acceptors (Lipinski definition) is 5. The molecular formula is C17H23N5O3. The van der Waals surface area contributed by atoms with Crippen LogP contribution in [0.4, 0.5) is 4.79 Å². The molecule has 3 rings (SSSR count). The van der Waals surface area contributed by atoms with Gasteiger partial charge in [0.05, 0.1) is 32.5 Å². The topological polar surface area (TPSA) is 101 Å². The van der Waals surface area contributed by atoms with E-state index in [1.165, 1.54) is 0 Å². The second-order valence-corrected chi connectivity index (χ2v) is 5.94. The molecule has 1 atom stereocenters. The van der Waals surface area contributed by atoms with Crippen LogP contribution in [0, 0.1) is 0 Å². The molecule has 0 saturated carbocycles. The van der Waals surface area contributed by atoms with Gasteiger partial charge in [-0.05, 0) is 25.3 Å². The van der Waals surface area contributed by atoms with Crippen molar-refractivity contribution in [1.82, 2.24) is 25.4 Å². The van der Waals surface area contributed by atoms with Gasteiger partial charge in [0.25, 0.3) is 0 Å². The normalized spacial score (nSPS) is 16.2. The molecule has 3 N–H and O–H groups in total. The molecule has 0 fully saturated rings. The van der Waals surface area contributed by atoms with Gasteiger partial charge >= 0.3 is 6.03 Å². The molecule has 0 aromatic carbocycles.